The van der Waals surface area contributed by atoms with E-state index in [-0.39, 0.29) is 17.9 Å². The molecule has 0 saturated carbocycles. The van der Waals surface area contributed by atoms with Gasteiger partial charge in [0.2, 0.25) is 5.91 Å². The topological polar surface area (TPSA) is 93.1 Å². The molecule has 166 valence electrons. The molecule has 3 aromatic rings. The van der Waals surface area contributed by atoms with Crippen LogP contribution in [0.1, 0.15) is 28.8 Å². The van der Waals surface area contributed by atoms with Gasteiger partial charge < -0.3 is 5.32 Å². The minimum atomic E-state index is -0.583. The number of aryl methyl sites for hydroxylation is 3. The van der Waals surface area contributed by atoms with E-state index in [0.29, 0.717) is 16.2 Å². The van der Waals surface area contributed by atoms with E-state index in [0.717, 1.165) is 53.4 Å². The van der Waals surface area contributed by atoms with E-state index in [4.69, 9.17) is 4.98 Å². The molecule has 2 heterocycles. The van der Waals surface area contributed by atoms with E-state index in [9.17, 15) is 14.4 Å². The first-order chi connectivity index (χ1) is 15.5. The number of nitrogens with one attached hydrogen (secondary N) is 2. The van der Waals surface area contributed by atoms with Crippen LogP contribution >= 0.6 is 23.1 Å². The van der Waals surface area contributed by atoms with Crippen molar-refractivity contribution in [3.05, 3.63) is 63.3 Å². The van der Waals surface area contributed by atoms with Crippen LogP contribution in [0.4, 0.5) is 4.79 Å². The molecule has 32 heavy (non-hydrogen) atoms. The lowest BCUT2D eigenvalue weighted by molar-refractivity contribution is -0.117. The van der Waals surface area contributed by atoms with Gasteiger partial charge in [-0.05, 0) is 50.3 Å². The monoisotopic (exact) mass is 468 g/mol. The Hall–Kier alpha value is -2.91. The highest BCUT2D eigenvalue weighted by Crippen LogP contribution is 2.35. The third-order valence-electron chi connectivity index (χ3n) is 5.24. The van der Waals surface area contributed by atoms with Crippen LogP contribution in [0.25, 0.3) is 15.9 Å². The van der Waals surface area contributed by atoms with Gasteiger partial charge in [0.05, 0.1) is 16.8 Å². The number of nitrogens with zero attached hydrogens (tertiary/aromatic N) is 2. The number of carbonyl (C=O) groups is 2. The zero-order chi connectivity index (χ0) is 22.7. The Morgan fingerprint density at radius 1 is 1.25 bits per heavy atom. The van der Waals surface area contributed by atoms with Gasteiger partial charge in [-0.15, -0.1) is 17.9 Å². The number of thioether (sulfide) groups is 1. The Morgan fingerprint density at radius 3 is 2.75 bits per heavy atom. The molecule has 1 aliphatic carbocycles. The summed E-state index contributed by atoms with van der Waals surface area (Å²) >= 11 is 2.72. The fraction of sp³-hybridized carbons (Fsp3) is 0.304. The van der Waals surface area contributed by atoms with Crippen molar-refractivity contribution in [2.75, 3.05) is 12.3 Å². The summed E-state index contributed by atoms with van der Waals surface area (Å²) in [7, 11) is 0. The number of thiophene rings is 1. The summed E-state index contributed by atoms with van der Waals surface area (Å²) in [5, 5.41) is 5.90. The van der Waals surface area contributed by atoms with Crippen LogP contribution in [0.2, 0.25) is 0 Å². The zero-order valence-corrected chi connectivity index (χ0v) is 19.4. The van der Waals surface area contributed by atoms with Gasteiger partial charge >= 0.3 is 6.03 Å². The molecule has 0 spiro atoms. The first-order valence-electron chi connectivity index (χ1n) is 10.4. The number of urea groups is 1. The van der Waals surface area contributed by atoms with Crippen molar-refractivity contribution in [2.24, 2.45) is 0 Å². The molecular weight excluding hydrogens is 444 g/mol. The molecule has 0 atom stereocenters. The van der Waals surface area contributed by atoms with Crippen molar-refractivity contribution < 1.29 is 9.59 Å². The van der Waals surface area contributed by atoms with Crippen LogP contribution < -0.4 is 16.2 Å². The third kappa shape index (κ3) is 4.63. The molecule has 0 bridgehead atoms. The second-order valence-corrected chi connectivity index (χ2v) is 9.62. The van der Waals surface area contributed by atoms with E-state index >= 15 is 0 Å². The molecule has 4 rings (SSSR count). The van der Waals surface area contributed by atoms with Crippen molar-refractivity contribution in [3.8, 4) is 5.69 Å². The minimum Gasteiger partial charge on any atom is -0.334 e. The number of carbonyl (C=O) groups excluding carboxylic acids is 2. The number of imide groups is 1. The number of hydrogen-bond donors (Lipinski definition) is 2. The Morgan fingerprint density at radius 2 is 2.00 bits per heavy atom. The average molecular weight is 469 g/mol. The Labute approximate surface area is 193 Å². The number of aromatic nitrogens is 2. The van der Waals surface area contributed by atoms with Crippen molar-refractivity contribution >= 4 is 45.3 Å². The number of hydrogen-bond acceptors (Lipinski definition) is 6. The number of rotatable bonds is 6. The highest BCUT2D eigenvalue weighted by molar-refractivity contribution is 7.99. The number of benzene rings is 1. The van der Waals surface area contributed by atoms with Crippen LogP contribution in [-0.4, -0.2) is 33.8 Å². The summed E-state index contributed by atoms with van der Waals surface area (Å²) in [6.07, 6.45) is 5.60. The van der Waals surface area contributed by atoms with E-state index in [1.807, 2.05) is 31.2 Å². The van der Waals surface area contributed by atoms with Gasteiger partial charge in [-0.3, -0.25) is 19.5 Å². The quantitative estimate of drug-likeness (QED) is 0.327. The Bertz CT molecular complexity index is 1240. The van der Waals surface area contributed by atoms with Crippen molar-refractivity contribution in [3.63, 3.8) is 0 Å². The normalized spacial score (nSPS) is 12.9. The van der Waals surface area contributed by atoms with Gasteiger partial charge in [-0.1, -0.05) is 35.5 Å². The molecule has 0 aliphatic heterocycles. The van der Waals surface area contributed by atoms with Gasteiger partial charge in [0.15, 0.2) is 5.16 Å². The summed E-state index contributed by atoms with van der Waals surface area (Å²) in [5.41, 5.74) is 2.81. The fourth-order valence-electron chi connectivity index (χ4n) is 3.71. The average Bonchev–Trinajstić information content (AvgIpc) is 3.16. The second kappa shape index (κ2) is 9.70. The van der Waals surface area contributed by atoms with Crippen LogP contribution in [0, 0.1) is 6.92 Å². The first kappa shape index (κ1) is 22.3. The molecule has 0 radical (unpaired) electrons. The Balaban J connectivity index is 1.70. The molecule has 3 amide bonds. The predicted molar refractivity (Wildman–Crippen MR) is 129 cm³/mol. The van der Waals surface area contributed by atoms with Crippen LogP contribution in [-0.2, 0) is 17.6 Å². The summed E-state index contributed by atoms with van der Waals surface area (Å²) in [6.45, 7) is 5.77. The van der Waals surface area contributed by atoms with Crippen molar-refractivity contribution in [1.29, 1.82) is 0 Å². The maximum Gasteiger partial charge on any atom is 0.321 e. The number of fused-ring (bicyclic) bond motifs is 3. The maximum atomic E-state index is 13.7. The molecule has 0 fully saturated rings. The van der Waals surface area contributed by atoms with Crippen molar-refractivity contribution in [1.82, 2.24) is 20.2 Å². The van der Waals surface area contributed by atoms with Crippen LogP contribution in [0.15, 0.2) is 46.9 Å². The standard InChI is InChI=1S/C23H24N4O3S2/c1-3-12-24-22(30)25-18(28)13-31-23-26-20-19(16-6-4-5-7-17(16)32-20)21(29)27(23)15-10-8-14(2)9-11-15/h3,8-11H,1,4-7,12-13H2,2H3,(H2,24,25,28,30). The molecule has 7 nitrogen and oxygen atoms in total. The summed E-state index contributed by atoms with van der Waals surface area (Å²) in [5.74, 6) is -0.511. The first-order valence-corrected chi connectivity index (χ1v) is 12.2. The van der Waals surface area contributed by atoms with Crippen molar-refractivity contribution in [2.45, 2.75) is 37.8 Å². The van der Waals surface area contributed by atoms with Gasteiger partial charge in [-0.2, -0.15) is 0 Å². The number of amides is 3. The van der Waals surface area contributed by atoms with Gasteiger partial charge in [0.25, 0.3) is 5.56 Å². The molecule has 1 aromatic carbocycles. The largest absolute Gasteiger partial charge is 0.334 e. The van der Waals surface area contributed by atoms with E-state index in [1.54, 1.807) is 15.9 Å². The summed E-state index contributed by atoms with van der Waals surface area (Å²) in [4.78, 5) is 44.4. The van der Waals surface area contributed by atoms with E-state index < -0.39 is 11.9 Å². The summed E-state index contributed by atoms with van der Waals surface area (Å²) < 4.78 is 1.58. The maximum absolute atomic E-state index is 13.7. The highest BCUT2D eigenvalue weighted by atomic mass is 32.2. The van der Waals surface area contributed by atoms with E-state index in [2.05, 4.69) is 17.2 Å². The molecule has 9 heteroatoms. The lowest BCUT2D eigenvalue weighted by Gasteiger charge is -2.14. The summed E-state index contributed by atoms with van der Waals surface area (Å²) in [6, 6.07) is 7.08. The van der Waals surface area contributed by atoms with Crippen LogP contribution in [0.3, 0.4) is 0 Å². The lowest BCUT2D eigenvalue weighted by atomic mass is 9.97. The third-order valence-corrected chi connectivity index (χ3v) is 7.37. The predicted octanol–water partition coefficient (Wildman–Crippen LogP) is 3.74. The van der Waals surface area contributed by atoms with Gasteiger partial charge in [0, 0.05) is 11.4 Å². The molecule has 1 aliphatic rings. The van der Waals surface area contributed by atoms with Crippen LogP contribution in [0.5, 0.6) is 0 Å². The second-order valence-electron chi connectivity index (χ2n) is 7.60. The Kier molecular flexibility index (Phi) is 6.76. The molecule has 2 aromatic heterocycles. The van der Waals surface area contributed by atoms with Gasteiger partial charge in [-0.25, -0.2) is 9.78 Å². The minimum absolute atomic E-state index is 0.0452. The van der Waals surface area contributed by atoms with Gasteiger partial charge in [0.1, 0.15) is 4.83 Å². The molecule has 2 N–H and O–H groups in total. The smallest absolute Gasteiger partial charge is 0.321 e. The molecular formula is C23H24N4O3S2. The van der Waals surface area contributed by atoms with E-state index in [1.165, 1.54) is 11.0 Å². The zero-order valence-electron chi connectivity index (χ0n) is 17.8. The lowest BCUT2D eigenvalue weighted by Crippen LogP contribution is -2.40. The molecule has 0 saturated heterocycles. The SMILES string of the molecule is C=CCNC(=O)NC(=O)CSc1nc2sc3c(c2c(=O)n1-c1ccc(C)cc1)CCCC3. The fourth-order valence-corrected chi connectivity index (χ4v) is 5.82. The highest BCUT2D eigenvalue weighted by Gasteiger charge is 2.23. The molecule has 0 unspecified atom stereocenters.